The van der Waals surface area contributed by atoms with Gasteiger partial charge in [0.05, 0.1) is 5.92 Å². The number of hydrogen-bond donors (Lipinski definition) is 0. The standard InChI is InChI=1S/C14H22O4/c1-9-6-4-5-7-10(9)12(15)18-11-13(16)17-8-14(11,2)3/h9-11H,4-8H2,1-3H3/t9-,10-,11+/m1/s1. The van der Waals surface area contributed by atoms with Gasteiger partial charge in [-0.05, 0) is 18.8 Å². The van der Waals surface area contributed by atoms with Crippen molar-refractivity contribution in [1.29, 1.82) is 0 Å². The minimum atomic E-state index is -0.737. The molecule has 4 nitrogen and oxygen atoms in total. The highest BCUT2D eigenvalue weighted by Gasteiger charge is 2.47. The van der Waals surface area contributed by atoms with Gasteiger partial charge >= 0.3 is 11.9 Å². The van der Waals surface area contributed by atoms with Crippen molar-refractivity contribution in [2.75, 3.05) is 6.61 Å². The lowest BCUT2D eigenvalue weighted by Gasteiger charge is -2.29. The summed E-state index contributed by atoms with van der Waals surface area (Å²) in [6, 6.07) is 0. The van der Waals surface area contributed by atoms with E-state index in [1.165, 1.54) is 6.42 Å². The third-order valence-electron chi connectivity index (χ3n) is 4.16. The Labute approximate surface area is 108 Å². The number of carbonyl (C=O) groups is 2. The van der Waals surface area contributed by atoms with Crippen molar-refractivity contribution >= 4 is 11.9 Å². The van der Waals surface area contributed by atoms with Gasteiger partial charge in [-0.15, -0.1) is 0 Å². The van der Waals surface area contributed by atoms with E-state index in [4.69, 9.17) is 9.47 Å². The SMILES string of the molecule is C[C@@H]1CCCC[C@H]1C(=O)O[C@H]1C(=O)OCC1(C)C. The van der Waals surface area contributed by atoms with Crippen molar-refractivity contribution in [3.63, 3.8) is 0 Å². The molecule has 1 aliphatic heterocycles. The van der Waals surface area contributed by atoms with E-state index in [-0.39, 0.29) is 11.9 Å². The molecule has 4 heteroatoms. The summed E-state index contributed by atoms with van der Waals surface area (Å²) < 4.78 is 10.4. The molecule has 18 heavy (non-hydrogen) atoms. The minimum Gasteiger partial charge on any atom is -0.462 e. The molecular formula is C14H22O4. The van der Waals surface area contributed by atoms with Crippen molar-refractivity contribution in [1.82, 2.24) is 0 Å². The van der Waals surface area contributed by atoms with E-state index in [1.54, 1.807) is 0 Å². The lowest BCUT2D eigenvalue weighted by atomic mass is 9.80. The summed E-state index contributed by atoms with van der Waals surface area (Å²) in [5.41, 5.74) is -0.412. The predicted octanol–water partition coefficient (Wildman–Crippen LogP) is 2.31. The lowest BCUT2D eigenvalue weighted by molar-refractivity contribution is -0.168. The molecule has 102 valence electrons. The van der Waals surface area contributed by atoms with E-state index in [0.717, 1.165) is 19.3 Å². The molecule has 0 aromatic rings. The van der Waals surface area contributed by atoms with Crippen LogP contribution < -0.4 is 0 Å². The number of cyclic esters (lactones) is 1. The van der Waals surface area contributed by atoms with Crippen molar-refractivity contribution in [2.24, 2.45) is 17.3 Å². The summed E-state index contributed by atoms with van der Waals surface area (Å²) in [7, 11) is 0. The third kappa shape index (κ3) is 2.52. The van der Waals surface area contributed by atoms with E-state index in [1.807, 2.05) is 13.8 Å². The van der Waals surface area contributed by atoms with Gasteiger partial charge in [-0.25, -0.2) is 4.79 Å². The van der Waals surface area contributed by atoms with Gasteiger partial charge < -0.3 is 9.47 Å². The van der Waals surface area contributed by atoms with Crippen molar-refractivity contribution < 1.29 is 19.1 Å². The fourth-order valence-corrected chi connectivity index (χ4v) is 2.81. The molecule has 0 bridgehead atoms. The molecule has 0 aromatic carbocycles. The highest BCUT2D eigenvalue weighted by molar-refractivity contribution is 5.82. The normalized spacial score (nSPS) is 35.1. The van der Waals surface area contributed by atoms with Gasteiger partial charge in [-0.2, -0.15) is 0 Å². The Balaban J connectivity index is 2.00. The molecule has 0 radical (unpaired) electrons. The maximum atomic E-state index is 12.2. The molecule has 1 saturated heterocycles. The average molecular weight is 254 g/mol. The van der Waals surface area contributed by atoms with Crippen LogP contribution in [0.1, 0.15) is 46.5 Å². The van der Waals surface area contributed by atoms with Crippen LogP contribution in [0, 0.1) is 17.3 Å². The molecule has 0 amide bonds. The van der Waals surface area contributed by atoms with Gasteiger partial charge in [0, 0.05) is 5.41 Å². The van der Waals surface area contributed by atoms with Crippen LogP contribution in [0.15, 0.2) is 0 Å². The Morgan fingerprint density at radius 1 is 1.33 bits per heavy atom. The molecule has 2 aliphatic rings. The monoisotopic (exact) mass is 254 g/mol. The van der Waals surface area contributed by atoms with E-state index in [0.29, 0.717) is 12.5 Å². The van der Waals surface area contributed by atoms with E-state index in [9.17, 15) is 9.59 Å². The summed E-state index contributed by atoms with van der Waals surface area (Å²) in [6.45, 7) is 6.19. The smallest absolute Gasteiger partial charge is 0.348 e. The predicted molar refractivity (Wildman–Crippen MR) is 65.7 cm³/mol. The Kier molecular flexibility index (Phi) is 3.64. The second-order valence-electron chi connectivity index (χ2n) is 6.28. The molecule has 0 aromatic heterocycles. The van der Waals surface area contributed by atoms with Gasteiger partial charge in [0.25, 0.3) is 0 Å². The highest BCUT2D eigenvalue weighted by Crippen LogP contribution is 2.35. The number of esters is 2. The van der Waals surface area contributed by atoms with Crippen molar-refractivity contribution in [3.8, 4) is 0 Å². The summed E-state index contributed by atoms with van der Waals surface area (Å²) in [5.74, 6) is -0.328. The first-order valence-electron chi connectivity index (χ1n) is 6.79. The fourth-order valence-electron chi connectivity index (χ4n) is 2.81. The molecule has 3 atom stereocenters. The maximum absolute atomic E-state index is 12.2. The Morgan fingerprint density at radius 3 is 2.56 bits per heavy atom. The molecule has 1 heterocycles. The molecule has 0 N–H and O–H groups in total. The summed E-state index contributed by atoms with van der Waals surface area (Å²) in [4.78, 5) is 23.8. The van der Waals surface area contributed by atoms with E-state index >= 15 is 0 Å². The quantitative estimate of drug-likeness (QED) is 0.710. The maximum Gasteiger partial charge on any atom is 0.348 e. The van der Waals surface area contributed by atoms with E-state index < -0.39 is 17.5 Å². The summed E-state index contributed by atoms with van der Waals surface area (Å²) in [5, 5.41) is 0. The fraction of sp³-hybridized carbons (Fsp3) is 0.857. The minimum absolute atomic E-state index is 0.0528. The second kappa shape index (κ2) is 4.90. The van der Waals surface area contributed by atoms with Crippen LogP contribution in [0.25, 0.3) is 0 Å². The van der Waals surface area contributed by atoms with Crippen LogP contribution in [-0.4, -0.2) is 24.6 Å². The topological polar surface area (TPSA) is 52.6 Å². The number of carbonyl (C=O) groups excluding carboxylic acids is 2. The average Bonchev–Trinajstić information content (AvgIpc) is 2.56. The zero-order chi connectivity index (χ0) is 13.3. The van der Waals surface area contributed by atoms with Gasteiger partial charge in [-0.1, -0.05) is 33.6 Å². The molecule has 1 saturated carbocycles. The first kappa shape index (κ1) is 13.4. The second-order valence-corrected chi connectivity index (χ2v) is 6.28. The lowest BCUT2D eigenvalue weighted by Crippen LogP contribution is -2.38. The van der Waals surface area contributed by atoms with Crippen molar-refractivity contribution in [2.45, 2.75) is 52.6 Å². The first-order chi connectivity index (χ1) is 8.42. The van der Waals surface area contributed by atoms with Gasteiger partial charge in [-0.3, -0.25) is 4.79 Å². The largest absolute Gasteiger partial charge is 0.462 e. The van der Waals surface area contributed by atoms with Crippen LogP contribution in [0.5, 0.6) is 0 Å². The summed E-state index contributed by atoms with van der Waals surface area (Å²) in [6.07, 6.45) is 3.46. The highest BCUT2D eigenvalue weighted by atomic mass is 16.6. The zero-order valence-corrected chi connectivity index (χ0v) is 11.4. The zero-order valence-electron chi connectivity index (χ0n) is 11.4. The van der Waals surface area contributed by atoms with E-state index in [2.05, 4.69) is 6.92 Å². The van der Waals surface area contributed by atoms with Gasteiger partial charge in [0.2, 0.25) is 6.10 Å². The molecule has 2 rings (SSSR count). The molecule has 0 spiro atoms. The van der Waals surface area contributed by atoms with Crippen LogP contribution in [0.3, 0.4) is 0 Å². The molecule has 0 unspecified atom stereocenters. The van der Waals surface area contributed by atoms with Crippen LogP contribution in [0.4, 0.5) is 0 Å². The molecule has 1 aliphatic carbocycles. The third-order valence-corrected chi connectivity index (χ3v) is 4.16. The summed E-state index contributed by atoms with van der Waals surface area (Å²) >= 11 is 0. The van der Waals surface area contributed by atoms with Crippen LogP contribution >= 0.6 is 0 Å². The Bertz CT molecular complexity index is 348. The Morgan fingerprint density at radius 2 is 2.00 bits per heavy atom. The number of rotatable bonds is 2. The van der Waals surface area contributed by atoms with Crippen LogP contribution in [-0.2, 0) is 19.1 Å². The Hall–Kier alpha value is -1.06. The molecular weight excluding hydrogens is 232 g/mol. The number of hydrogen-bond acceptors (Lipinski definition) is 4. The first-order valence-corrected chi connectivity index (χ1v) is 6.79. The number of ether oxygens (including phenoxy) is 2. The van der Waals surface area contributed by atoms with Gasteiger partial charge in [0.15, 0.2) is 0 Å². The molecule has 2 fully saturated rings. The van der Waals surface area contributed by atoms with Crippen molar-refractivity contribution in [3.05, 3.63) is 0 Å². The van der Waals surface area contributed by atoms with Crippen LogP contribution in [0.2, 0.25) is 0 Å². The van der Waals surface area contributed by atoms with Gasteiger partial charge in [0.1, 0.15) is 6.61 Å².